The van der Waals surface area contributed by atoms with Crippen molar-refractivity contribution in [3.05, 3.63) is 12.2 Å². The van der Waals surface area contributed by atoms with E-state index in [-0.39, 0.29) is 10.8 Å². The molecule has 0 aliphatic carbocycles. The lowest BCUT2D eigenvalue weighted by molar-refractivity contribution is -0.0184. The summed E-state index contributed by atoms with van der Waals surface area (Å²) >= 11 is 5.94. The van der Waals surface area contributed by atoms with E-state index >= 15 is 0 Å². The lowest BCUT2D eigenvalue weighted by Gasteiger charge is -2.35. The third-order valence-electron chi connectivity index (χ3n) is 3.81. The summed E-state index contributed by atoms with van der Waals surface area (Å²) in [6, 6.07) is 0. The number of allylic oxidation sites excluding steroid dienone is 2. The van der Waals surface area contributed by atoms with Crippen molar-refractivity contribution in [2.24, 2.45) is 16.7 Å². The summed E-state index contributed by atoms with van der Waals surface area (Å²) in [6.07, 6.45) is 6.48. The van der Waals surface area contributed by atoms with Crippen molar-refractivity contribution in [1.29, 1.82) is 0 Å². The predicted octanol–water partition coefficient (Wildman–Crippen LogP) is 4.52. The van der Waals surface area contributed by atoms with E-state index in [4.69, 9.17) is 21.1 Å². The summed E-state index contributed by atoms with van der Waals surface area (Å²) < 4.78 is 10.8. The highest BCUT2D eigenvalue weighted by Crippen LogP contribution is 2.33. The summed E-state index contributed by atoms with van der Waals surface area (Å²) in [4.78, 5) is 0. The van der Waals surface area contributed by atoms with E-state index in [0.29, 0.717) is 11.8 Å². The molecule has 114 valence electrons. The second-order valence-corrected chi connectivity index (χ2v) is 6.83. The van der Waals surface area contributed by atoms with Gasteiger partial charge in [-0.1, -0.05) is 39.8 Å². The van der Waals surface area contributed by atoms with E-state index in [1.165, 1.54) is 0 Å². The maximum Gasteiger partial charge on any atom is 0.0546 e. The average Bonchev–Trinajstić information content (AvgIpc) is 2.34. The van der Waals surface area contributed by atoms with Crippen LogP contribution in [0.4, 0.5) is 0 Å². The van der Waals surface area contributed by atoms with Gasteiger partial charge >= 0.3 is 0 Å². The van der Waals surface area contributed by atoms with Crippen LogP contribution in [0.2, 0.25) is 0 Å². The standard InChI is InChI=1S/C16H31ClO2/c1-14(2)16(12-18-5,13-19-6)10-8-7-9-15(3,4)11-17/h7-8,14H,9-13H2,1-6H3/b8-7+. The fourth-order valence-corrected chi connectivity index (χ4v) is 2.19. The van der Waals surface area contributed by atoms with Gasteiger partial charge in [0, 0.05) is 25.5 Å². The molecule has 0 fully saturated rings. The zero-order valence-corrected chi connectivity index (χ0v) is 14.2. The smallest absolute Gasteiger partial charge is 0.0546 e. The van der Waals surface area contributed by atoms with Gasteiger partial charge in [-0.2, -0.15) is 0 Å². The Morgan fingerprint density at radius 3 is 1.84 bits per heavy atom. The number of halogens is 1. The van der Waals surface area contributed by atoms with Gasteiger partial charge in [0.05, 0.1) is 13.2 Å². The second kappa shape index (κ2) is 8.99. The molecule has 3 heteroatoms. The highest BCUT2D eigenvalue weighted by molar-refractivity contribution is 6.18. The Balaban J connectivity index is 4.60. The van der Waals surface area contributed by atoms with Crippen molar-refractivity contribution < 1.29 is 9.47 Å². The van der Waals surface area contributed by atoms with Crippen LogP contribution in [-0.2, 0) is 9.47 Å². The maximum absolute atomic E-state index is 5.94. The Morgan fingerprint density at radius 1 is 1.00 bits per heavy atom. The summed E-state index contributed by atoms with van der Waals surface area (Å²) in [6.45, 7) is 10.3. The lowest BCUT2D eigenvalue weighted by atomic mass is 9.75. The molecule has 0 saturated carbocycles. The van der Waals surface area contributed by atoms with Crippen LogP contribution in [0.15, 0.2) is 12.2 Å². The molecule has 0 spiro atoms. The number of alkyl halides is 1. The Bertz CT molecular complexity index is 253. The van der Waals surface area contributed by atoms with Crippen LogP contribution in [0.3, 0.4) is 0 Å². The van der Waals surface area contributed by atoms with Crippen molar-refractivity contribution in [1.82, 2.24) is 0 Å². The molecule has 0 saturated heterocycles. The number of methoxy groups -OCH3 is 2. The first kappa shape index (κ1) is 18.9. The Morgan fingerprint density at radius 2 is 1.47 bits per heavy atom. The number of hydrogen-bond acceptors (Lipinski definition) is 2. The van der Waals surface area contributed by atoms with Crippen molar-refractivity contribution >= 4 is 11.6 Å². The molecule has 0 bridgehead atoms. The number of rotatable bonds is 10. The summed E-state index contributed by atoms with van der Waals surface area (Å²) in [7, 11) is 3.51. The minimum Gasteiger partial charge on any atom is -0.384 e. The van der Waals surface area contributed by atoms with Gasteiger partial charge in [0.25, 0.3) is 0 Å². The van der Waals surface area contributed by atoms with Crippen LogP contribution in [0.1, 0.15) is 40.5 Å². The first-order valence-electron chi connectivity index (χ1n) is 7.02. The molecule has 0 aromatic carbocycles. The molecule has 2 nitrogen and oxygen atoms in total. The monoisotopic (exact) mass is 290 g/mol. The van der Waals surface area contributed by atoms with Crippen LogP contribution in [0.5, 0.6) is 0 Å². The van der Waals surface area contributed by atoms with E-state index in [1.807, 2.05) is 0 Å². The number of ether oxygens (including phenoxy) is 2. The van der Waals surface area contributed by atoms with E-state index in [2.05, 4.69) is 39.8 Å². The van der Waals surface area contributed by atoms with Crippen LogP contribution in [-0.4, -0.2) is 33.3 Å². The summed E-state index contributed by atoms with van der Waals surface area (Å²) in [5.74, 6) is 1.20. The van der Waals surface area contributed by atoms with Gasteiger partial charge in [-0.25, -0.2) is 0 Å². The first-order chi connectivity index (χ1) is 8.83. The second-order valence-electron chi connectivity index (χ2n) is 6.56. The molecule has 0 aliphatic heterocycles. The van der Waals surface area contributed by atoms with Gasteiger partial charge in [0.1, 0.15) is 0 Å². The molecule has 0 amide bonds. The van der Waals surface area contributed by atoms with Gasteiger partial charge in [0.15, 0.2) is 0 Å². The normalized spacial score (nSPS) is 13.7. The average molecular weight is 291 g/mol. The molecule has 0 unspecified atom stereocenters. The minimum atomic E-state index is 0.0606. The SMILES string of the molecule is COCC(C/C=C/CC(C)(C)CCl)(COC)C(C)C. The molecular weight excluding hydrogens is 260 g/mol. The van der Waals surface area contributed by atoms with Gasteiger partial charge < -0.3 is 9.47 Å². The predicted molar refractivity (Wildman–Crippen MR) is 83.9 cm³/mol. The van der Waals surface area contributed by atoms with Crippen LogP contribution >= 0.6 is 11.6 Å². The highest BCUT2D eigenvalue weighted by Gasteiger charge is 2.32. The topological polar surface area (TPSA) is 18.5 Å². The van der Waals surface area contributed by atoms with E-state index in [1.54, 1.807) is 14.2 Å². The fraction of sp³-hybridized carbons (Fsp3) is 0.875. The molecule has 0 heterocycles. The molecule has 0 aromatic heterocycles. The van der Waals surface area contributed by atoms with Crippen molar-refractivity contribution in [2.45, 2.75) is 40.5 Å². The van der Waals surface area contributed by atoms with Gasteiger partial charge in [0.2, 0.25) is 0 Å². The molecule has 0 N–H and O–H groups in total. The summed E-state index contributed by atoms with van der Waals surface area (Å²) in [5, 5.41) is 0. The Kier molecular flexibility index (Phi) is 8.97. The van der Waals surface area contributed by atoms with Gasteiger partial charge in [-0.3, -0.25) is 0 Å². The Hall–Kier alpha value is -0.0500. The molecule has 0 rings (SSSR count). The largest absolute Gasteiger partial charge is 0.384 e. The van der Waals surface area contributed by atoms with E-state index < -0.39 is 0 Å². The molecular formula is C16H31ClO2. The van der Waals surface area contributed by atoms with Crippen LogP contribution < -0.4 is 0 Å². The number of hydrogen-bond donors (Lipinski definition) is 0. The molecule has 0 aliphatic rings. The highest BCUT2D eigenvalue weighted by atomic mass is 35.5. The molecule has 0 atom stereocenters. The zero-order valence-electron chi connectivity index (χ0n) is 13.5. The van der Waals surface area contributed by atoms with Crippen molar-refractivity contribution in [3.8, 4) is 0 Å². The molecule has 19 heavy (non-hydrogen) atoms. The minimum absolute atomic E-state index is 0.0606. The third-order valence-corrected chi connectivity index (χ3v) is 4.54. The van der Waals surface area contributed by atoms with Gasteiger partial charge in [-0.05, 0) is 24.2 Å². The first-order valence-corrected chi connectivity index (χ1v) is 7.56. The maximum atomic E-state index is 5.94. The molecule has 0 radical (unpaired) electrons. The quantitative estimate of drug-likeness (QED) is 0.435. The van der Waals surface area contributed by atoms with E-state index in [0.717, 1.165) is 26.1 Å². The fourth-order valence-electron chi connectivity index (χ4n) is 2.08. The third kappa shape index (κ3) is 6.78. The van der Waals surface area contributed by atoms with Crippen LogP contribution in [0.25, 0.3) is 0 Å². The summed E-state index contributed by atoms with van der Waals surface area (Å²) in [5.41, 5.74) is 0.228. The zero-order chi connectivity index (χ0) is 14.9. The van der Waals surface area contributed by atoms with Crippen molar-refractivity contribution in [3.63, 3.8) is 0 Å². The Labute approximate surface area is 124 Å². The lowest BCUT2D eigenvalue weighted by Crippen LogP contribution is -2.36. The van der Waals surface area contributed by atoms with Crippen LogP contribution in [0, 0.1) is 16.7 Å². The van der Waals surface area contributed by atoms with Crippen molar-refractivity contribution in [2.75, 3.05) is 33.3 Å². The van der Waals surface area contributed by atoms with E-state index in [9.17, 15) is 0 Å². The molecule has 0 aromatic rings. The van der Waals surface area contributed by atoms with Gasteiger partial charge in [-0.15, -0.1) is 11.6 Å².